The molecule has 0 aliphatic rings. The first-order chi connectivity index (χ1) is 32.3. The Morgan fingerprint density at radius 2 is 0.727 bits per heavy atom. The molecule has 0 saturated carbocycles. The maximum absolute atomic E-state index is 12.7. The van der Waals surface area contributed by atoms with Gasteiger partial charge in [0, 0.05) is 12.8 Å². The topological polar surface area (TPSA) is 108 Å². The number of esters is 2. The molecule has 0 aliphatic heterocycles. The average Bonchev–Trinajstić information content (AvgIpc) is 3.30. The molecule has 0 bridgehead atoms. The molecule has 1 N–H and O–H groups in total. The molecule has 0 aromatic heterocycles. The van der Waals surface area contributed by atoms with Crippen LogP contribution >= 0.6 is 7.82 Å². The highest BCUT2D eigenvalue weighted by molar-refractivity contribution is 7.47. The van der Waals surface area contributed by atoms with Crippen molar-refractivity contribution in [2.24, 2.45) is 0 Å². The van der Waals surface area contributed by atoms with Crippen LogP contribution in [0.4, 0.5) is 0 Å². The number of rotatable bonds is 54. The quantitative estimate of drug-likeness (QED) is 0.0278. The maximum Gasteiger partial charge on any atom is 0.472 e. The zero-order chi connectivity index (χ0) is 48.1. The molecule has 66 heavy (non-hydrogen) atoms. The van der Waals surface area contributed by atoms with E-state index in [-0.39, 0.29) is 32.2 Å². The highest BCUT2D eigenvalue weighted by Gasteiger charge is 2.25. The summed E-state index contributed by atoms with van der Waals surface area (Å²) in [5.74, 6) is -0.781. The van der Waals surface area contributed by atoms with Crippen LogP contribution in [0.3, 0.4) is 0 Å². The van der Waals surface area contributed by atoms with Gasteiger partial charge in [-0.2, -0.15) is 0 Å². The second-order valence-electron chi connectivity index (χ2n) is 19.3. The van der Waals surface area contributed by atoms with Gasteiger partial charge >= 0.3 is 19.8 Å². The molecule has 0 spiro atoms. The second-order valence-corrected chi connectivity index (χ2v) is 20.8. The highest BCUT2D eigenvalue weighted by atomic mass is 31.2. The van der Waals surface area contributed by atoms with Crippen LogP contribution in [0.1, 0.15) is 303 Å². The Labute approximate surface area is 409 Å². The summed E-state index contributed by atoms with van der Waals surface area (Å²) in [5.41, 5.74) is 0. The lowest BCUT2D eigenvalue weighted by atomic mass is 10.0. The summed E-state index contributed by atoms with van der Waals surface area (Å²) in [4.78, 5) is 35.0. The van der Waals surface area contributed by atoms with Crippen molar-refractivity contribution in [3.05, 3.63) is 24.3 Å². The van der Waals surface area contributed by atoms with Gasteiger partial charge < -0.3 is 14.4 Å². The monoisotopic (exact) mass is 953 g/mol. The fraction of sp³-hybridized carbons (Fsp3) is 0.895. The van der Waals surface area contributed by atoms with Crippen LogP contribution < -0.4 is 0 Å². The van der Waals surface area contributed by atoms with Gasteiger partial charge in [0.25, 0.3) is 0 Å². The van der Waals surface area contributed by atoms with Crippen molar-refractivity contribution < 1.29 is 37.6 Å². The van der Waals surface area contributed by atoms with Crippen LogP contribution in [-0.2, 0) is 32.7 Å². The number of allylic oxidation sites excluding steroid dienone is 4. The van der Waals surface area contributed by atoms with Crippen LogP contribution in [0, 0.1) is 0 Å². The Balaban J connectivity index is 3.89. The molecule has 0 saturated heterocycles. The first kappa shape index (κ1) is 64.5. The normalized spacial score (nSPS) is 13.2. The largest absolute Gasteiger partial charge is 0.472 e. The number of hydrogen-bond acceptors (Lipinski definition) is 7. The van der Waals surface area contributed by atoms with E-state index in [0.717, 1.165) is 38.5 Å². The molecule has 0 radical (unpaired) electrons. The fourth-order valence-corrected chi connectivity index (χ4v) is 9.30. The summed E-state index contributed by atoms with van der Waals surface area (Å²) in [6.45, 7) is 5.54. The molecule has 0 aromatic carbocycles. The van der Waals surface area contributed by atoms with Crippen LogP contribution in [0.2, 0.25) is 0 Å². The number of carbonyl (C=O) groups is 2. The molecule has 0 amide bonds. The van der Waals surface area contributed by atoms with Crippen molar-refractivity contribution >= 4 is 19.8 Å². The lowest BCUT2D eigenvalue weighted by Crippen LogP contribution is -2.29. The first-order valence-corrected chi connectivity index (χ1v) is 30.1. The molecule has 390 valence electrons. The van der Waals surface area contributed by atoms with E-state index in [4.69, 9.17) is 18.5 Å². The van der Waals surface area contributed by atoms with Gasteiger partial charge in [0.15, 0.2) is 6.10 Å². The molecule has 0 aliphatic carbocycles. The molecular formula is C57H109O8P. The Kier molecular flexibility index (Phi) is 51.7. The van der Waals surface area contributed by atoms with Gasteiger partial charge in [-0.05, 0) is 51.9 Å². The Hall–Kier alpha value is -1.47. The van der Waals surface area contributed by atoms with Crippen molar-refractivity contribution in [1.29, 1.82) is 0 Å². The predicted octanol–water partition coefficient (Wildman–Crippen LogP) is 18.9. The van der Waals surface area contributed by atoms with Crippen LogP contribution in [-0.4, -0.2) is 42.8 Å². The summed E-state index contributed by atoms with van der Waals surface area (Å²) in [5, 5.41) is 0. The summed E-state index contributed by atoms with van der Waals surface area (Å²) in [6.07, 6.45) is 62.6. The lowest BCUT2D eigenvalue weighted by Gasteiger charge is -2.19. The van der Waals surface area contributed by atoms with Crippen molar-refractivity contribution in [2.45, 2.75) is 309 Å². The van der Waals surface area contributed by atoms with Crippen LogP contribution in [0.25, 0.3) is 0 Å². The standard InChI is InChI=1S/C57H109O8P/c1-4-7-9-11-13-15-17-19-21-23-25-27-29-31-33-35-37-39-41-43-45-47-49-51-56(58)62-53-55(54-64-66(60,61)63-6-3)65-57(59)52-50-48-46-44-42-40-38-36-34-32-30-28-26-24-22-20-18-16-14-12-10-8-5-2/h18,20,24,26,55H,4-17,19,21-23,25,27-54H2,1-3H3,(H,60,61)/b20-18-,26-24-. The summed E-state index contributed by atoms with van der Waals surface area (Å²) in [6, 6.07) is 0. The number of carbonyl (C=O) groups excluding carboxylic acids is 2. The summed E-state index contributed by atoms with van der Waals surface area (Å²) in [7, 11) is -4.29. The average molecular weight is 953 g/mol. The number of ether oxygens (including phenoxy) is 2. The van der Waals surface area contributed by atoms with Gasteiger partial charge in [0.1, 0.15) is 6.61 Å². The van der Waals surface area contributed by atoms with E-state index in [2.05, 4.69) is 38.2 Å². The first-order valence-electron chi connectivity index (χ1n) is 28.6. The smallest absolute Gasteiger partial charge is 0.462 e. The van der Waals surface area contributed by atoms with Gasteiger partial charge in [0.2, 0.25) is 0 Å². The SMILES string of the molecule is CCCCCCC/C=C\C/C=C\CCCCCCCCCCCCCC(=O)OC(COC(=O)CCCCCCCCCCCCCCCCCCCCCCCCC)COP(=O)(O)OCC. The van der Waals surface area contributed by atoms with Crippen LogP contribution in [0.5, 0.6) is 0 Å². The zero-order valence-electron chi connectivity index (χ0n) is 43.9. The minimum absolute atomic E-state index is 0.00275. The van der Waals surface area contributed by atoms with Crippen LogP contribution in [0.15, 0.2) is 24.3 Å². The second kappa shape index (κ2) is 52.9. The lowest BCUT2D eigenvalue weighted by molar-refractivity contribution is -0.161. The third kappa shape index (κ3) is 51.9. The number of unbranched alkanes of at least 4 members (excludes halogenated alkanes) is 38. The minimum Gasteiger partial charge on any atom is -0.462 e. The Morgan fingerprint density at radius 3 is 1.08 bits per heavy atom. The van der Waals surface area contributed by atoms with Gasteiger partial charge in [-0.3, -0.25) is 18.6 Å². The van der Waals surface area contributed by atoms with E-state index in [9.17, 15) is 19.0 Å². The maximum atomic E-state index is 12.7. The number of phosphoric ester groups is 1. The van der Waals surface area contributed by atoms with Gasteiger partial charge in [-0.1, -0.05) is 263 Å². The molecule has 9 heteroatoms. The van der Waals surface area contributed by atoms with E-state index in [1.54, 1.807) is 6.92 Å². The predicted molar refractivity (Wildman–Crippen MR) is 281 cm³/mol. The van der Waals surface area contributed by atoms with Gasteiger partial charge in [0.05, 0.1) is 13.2 Å². The molecule has 8 nitrogen and oxygen atoms in total. The fourth-order valence-electron chi connectivity index (χ4n) is 8.55. The van der Waals surface area contributed by atoms with Crippen molar-refractivity contribution in [2.75, 3.05) is 19.8 Å². The number of hydrogen-bond donors (Lipinski definition) is 1. The Bertz CT molecular complexity index is 1130. The molecule has 0 heterocycles. The van der Waals surface area contributed by atoms with Crippen molar-refractivity contribution in [3.63, 3.8) is 0 Å². The third-order valence-electron chi connectivity index (χ3n) is 12.8. The molecular weight excluding hydrogens is 844 g/mol. The van der Waals surface area contributed by atoms with Crippen molar-refractivity contribution in [1.82, 2.24) is 0 Å². The van der Waals surface area contributed by atoms with Gasteiger partial charge in [-0.15, -0.1) is 0 Å². The molecule has 2 unspecified atom stereocenters. The number of phosphoric acid groups is 1. The van der Waals surface area contributed by atoms with E-state index in [0.29, 0.717) is 12.8 Å². The van der Waals surface area contributed by atoms with E-state index >= 15 is 0 Å². The summed E-state index contributed by atoms with van der Waals surface area (Å²) >= 11 is 0. The van der Waals surface area contributed by atoms with Gasteiger partial charge in [-0.25, -0.2) is 4.57 Å². The molecule has 0 rings (SSSR count). The molecule has 0 aromatic rings. The van der Waals surface area contributed by atoms with E-state index in [1.807, 2.05) is 0 Å². The van der Waals surface area contributed by atoms with Crippen molar-refractivity contribution in [3.8, 4) is 0 Å². The summed E-state index contributed by atoms with van der Waals surface area (Å²) < 4.78 is 32.9. The molecule has 2 atom stereocenters. The zero-order valence-corrected chi connectivity index (χ0v) is 44.8. The van der Waals surface area contributed by atoms with E-state index in [1.165, 1.54) is 225 Å². The third-order valence-corrected chi connectivity index (χ3v) is 13.8. The minimum atomic E-state index is -4.29. The van der Waals surface area contributed by atoms with E-state index < -0.39 is 19.9 Å². The molecule has 0 fully saturated rings. The highest BCUT2D eigenvalue weighted by Crippen LogP contribution is 2.43. The Morgan fingerprint density at radius 1 is 0.409 bits per heavy atom.